The molecule has 7 nitrogen and oxygen atoms in total. The van der Waals surface area contributed by atoms with E-state index >= 15 is 0 Å². The standard InChI is InChI=1S/C22H25N5O2S/c1-14-7-8-15(2)19(11-14)27-16(3)25-26-22(27)30-13-20(28)24-10-9-17-5-4-6-18(12-17)21(23)29/h4-8,11-12H,9-10,13H2,1-3H3,(H2,23,29)(H,24,28). The Kier molecular flexibility index (Phi) is 6.89. The fraction of sp³-hybridized carbons (Fsp3) is 0.273. The molecule has 0 aliphatic carbocycles. The summed E-state index contributed by atoms with van der Waals surface area (Å²) in [6.07, 6.45) is 0.620. The van der Waals surface area contributed by atoms with Crippen molar-refractivity contribution in [2.75, 3.05) is 12.3 Å². The van der Waals surface area contributed by atoms with E-state index in [2.05, 4.69) is 33.7 Å². The van der Waals surface area contributed by atoms with Gasteiger partial charge < -0.3 is 11.1 Å². The predicted molar refractivity (Wildman–Crippen MR) is 118 cm³/mol. The van der Waals surface area contributed by atoms with Gasteiger partial charge in [0.2, 0.25) is 11.8 Å². The van der Waals surface area contributed by atoms with Crippen LogP contribution in [0, 0.1) is 20.8 Å². The summed E-state index contributed by atoms with van der Waals surface area (Å²) in [5.74, 6) is 0.477. The Morgan fingerprint density at radius 3 is 2.67 bits per heavy atom. The summed E-state index contributed by atoms with van der Waals surface area (Å²) in [5.41, 5.74) is 10.0. The molecule has 0 fully saturated rings. The summed E-state index contributed by atoms with van der Waals surface area (Å²) in [5, 5.41) is 12.0. The monoisotopic (exact) mass is 423 g/mol. The Morgan fingerprint density at radius 1 is 1.10 bits per heavy atom. The molecule has 30 heavy (non-hydrogen) atoms. The zero-order valence-electron chi connectivity index (χ0n) is 17.3. The van der Waals surface area contributed by atoms with Gasteiger partial charge in [-0.15, -0.1) is 10.2 Å². The van der Waals surface area contributed by atoms with Crippen molar-refractivity contribution in [3.8, 4) is 5.69 Å². The third-order valence-corrected chi connectivity index (χ3v) is 5.61. The third-order valence-electron chi connectivity index (χ3n) is 4.68. The number of carbonyl (C=O) groups excluding carboxylic acids is 2. The first-order valence-electron chi connectivity index (χ1n) is 9.63. The molecule has 2 amide bonds. The fourth-order valence-electron chi connectivity index (χ4n) is 3.08. The molecule has 1 heterocycles. The molecule has 0 aliphatic heterocycles. The average molecular weight is 424 g/mol. The van der Waals surface area contributed by atoms with Gasteiger partial charge in [-0.25, -0.2) is 0 Å². The van der Waals surface area contributed by atoms with E-state index in [1.54, 1.807) is 18.2 Å². The second-order valence-electron chi connectivity index (χ2n) is 7.11. The van der Waals surface area contributed by atoms with Gasteiger partial charge in [0.15, 0.2) is 5.16 Å². The molecule has 156 valence electrons. The van der Waals surface area contributed by atoms with Crippen molar-refractivity contribution in [2.45, 2.75) is 32.3 Å². The lowest BCUT2D eigenvalue weighted by atomic mass is 10.1. The molecule has 0 bridgehead atoms. The highest BCUT2D eigenvalue weighted by Crippen LogP contribution is 2.24. The Morgan fingerprint density at radius 2 is 1.90 bits per heavy atom. The van der Waals surface area contributed by atoms with Gasteiger partial charge in [-0.1, -0.05) is 36.0 Å². The van der Waals surface area contributed by atoms with Gasteiger partial charge >= 0.3 is 0 Å². The zero-order valence-corrected chi connectivity index (χ0v) is 18.1. The number of aryl methyl sites for hydroxylation is 3. The number of carbonyl (C=O) groups is 2. The lowest BCUT2D eigenvalue weighted by molar-refractivity contribution is -0.118. The first-order chi connectivity index (χ1) is 14.3. The highest BCUT2D eigenvalue weighted by molar-refractivity contribution is 7.99. The van der Waals surface area contributed by atoms with Crippen molar-refractivity contribution in [1.29, 1.82) is 0 Å². The van der Waals surface area contributed by atoms with E-state index < -0.39 is 5.91 Å². The maximum atomic E-state index is 12.3. The van der Waals surface area contributed by atoms with Crippen LogP contribution in [0.5, 0.6) is 0 Å². The van der Waals surface area contributed by atoms with Gasteiger partial charge in [0.05, 0.1) is 11.4 Å². The number of thioether (sulfide) groups is 1. The summed E-state index contributed by atoms with van der Waals surface area (Å²) < 4.78 is 1.98. The maximum absolute atomic E-state index is 12.3. The summed E-state index contributed by atoms with van der Waals surface area (Å²) in [6, 6.07) is 13.3. The van der Waals surface area contributed by atoms with Gasteiger partial charge in [-0.05, 0) is 62.1 Å². The Hall–Kier alpha value is -3.13. The van der Waals surface area contributed by atoms with E-state index in [0.29, 0.717) is 23.7 Å². The van der Waals surface area contributed by atoms with Gasteiger partial charge in [-0.2, -0.15) is 0 Å². The third kappa shape index (κ3) is 5.27. The Bertz CT molecular complexity index is 1080. The number of hydrogen-bond donors (Lipinski definition) is 2. The molecule has 0 saturated carbocycles. The molecule has 0 atom stereocenters. The molecule has 0 aliphatic rings. The number of benzene rings is 2. The van der Waals surface area contributed by atoms with Crippen LogP contribution >= 0.6 is 11.8 Å². The van der Waals surface area contributed by atoms with Crippen LogP contribution in [0.4, 0.5) is 0 Å². The molecule has 8 heteroatoms. The molecule has 1 aromatic heterocycles. The van der Waals surface area contributed by atoms with E-state index in [-0.39, 0.29) is 11.7 Å². The highest BCUT2D eigenvalue weighted by Gasteiger charge is 2.15. The van der Waals surface area contributed by atoms with Gasteiger partial charge in [0.1, 0.15) is 5.82 Å². The number of hydrogen-bond acceptors (Lipinski definition) is 5. The van der Waals surface area contributed by atoms with E-state index in [1.807, 2.05) is 31.4 Å². The summed E-state index contributed by atoms with van der Waals surface area (Å²) >= 11 is 1.35. The van der Waals surface area contributed by atoms with E-state index in [1.165, 1.54) is 11.8 Å². The average Bonchev–Trinajstić information content (AvgIpc) is 3.08. The van der Waals surface area contributed by atoms with Crippen molar-refractivity contribution in [1.82, 2.24) is 20.1 Å². The van der Waals surface area contributed by atoms with E-state index in [9.17, 15) is 9.59 Å². The van der Waals surface area contributed by atoms with Crippen LogP contribution in [0.1, 0.15) is 32.9 Å². The number of aromatic nitrogens is 3. The van der Waals surface area contributed by atoms with Crippen molar-refractivity contribution < 1.29 is 9.59 Å². The summed E-state index contributed by atoms with van der Waals surface area (Å²) in [6.45, 7) is 6.47. The van der Waals surface area contributed by atoms with Gasteiger partial charge in [0.25, 0.3) is 0 Å². The van der Waals surface area contributed by atoms with Crippen LogP contribution < -0.4 is 11.1 Å². The smallest absolute Gasteiger partial charge is 0.248 e. The molecule has 0 spiro atoms. The molecule has 2 aromatic carbocycles. The molecule has 3 aromatic rings. The van der Waals surface area contributed by atoms with Crippen molar-refractivity contribution in [3.63, 3.8) is 0 Å². The number of nitrogens with zero attached hydrogens (tertiary/aromatic N) is 3. The first kappa shape index (κ1) is 21.6. The fourth-order valence-corrected chi connectivity index (χ4v) is 3.90. The van der Waals surface area contributed by atoms with Gasteiger partial charge in [0, 0.05) is 12.1 Å². The number of nitrogens with one attached hydrogen (secondary N) is 1. The number of rotatable bonds is 8. The van der Waals surface area contributed by atoms with E-state index in [0.717, 1.165) is 28.2 Å². The minimum atomic E-state index is -0.458. The molecule has 0 saturated heterocycles. The van der Waals surface area contributed by atoms with Gasteiger partial charge in [-0.3, -0.25) is 14.2 Å². The minimum absolute atomic E-state index is 0.0841. The highest BCUT2D eigenvalue weighted by atomic mass is 32.2. The number of nitrogens with two attached hydrogens (primary N) is 1. The second kappa shape index (κ2) is 9.58. The SMILES string of the molecule is Cc1ccc(C)c(-n2c(C)nnc2SCC(=O)NCCc2cccc(C(N)=O)c2)c1. The molecule has 0 unspecified atom stereocenters. The van der Waals surface area contributed by atoms with Crippen LogP contribution in [0.3, 0.4) is 0 Å². The second-order valence-corrected chi connectivity index (χ2v) is 8.05. The first-order valence-corrected chi connectivity index (χ1v) is 10.6. The molecular weight excluding hydrogens is 398 g/mol. The van der Waals surface area contributed by atoms with Crippen LogP contribution in [0.15, 0.2) is 47.6 Å². The largest absolute Gasteiger partial charge is 0.366 e. The van der Waals surface area contributed by atoms with Crippen LogP contribution in [-0.2, 0) is 11.2 Å². The summed E-state index contributed by atoms with van der Waals surface area (Å²) in [4.78, 5) is 23.6. The van der Waals surface area contributed by atoms with Crippen molar-refractivity contribution in [3.05, 3.63) is 70.5 Å². The van der Waals surface area contributed by atoms with Crippen LogP contribution in [0.25, 0.3) is 5.69 Å². The molecule has 0 radical (unpaired) electrons. The maximum Gasteiger partial charge on any atom is 0.248 e. The summed E-state index contributed by atoms with van der Waals surface area (Å²) in [7, 11) is 0. The predicted octanol–water partition coefficient (Wildman–Crippen LogP) is 2.74. The molecule has 3 rings (SSSR count). The number of primary amides is 1. The van der Waals surface area contributed by atoms with Crippen LogP contribution in [0.2, 0.25) is 0 Å². The topological polar surface area (TPSA) is 103 Å². The van der Waals surface area contributed by atoms with Crippen molar-refractivity contribution in [2.24, 2.45) is 5.73 Å². The normalized spacial score (nSPS) is 10.8. The lowest BCUT2D eigenvalue weighted by Crippen LogP contribution is -2.27. The van der Waals surface area contributed by atoms with E-state index in [4.69, 9.17) is 5.73 Å². The van der Waals surface area contributed by atoms with Crippen LogP contribution in [-0.4, -0.2) is 38.9 Å². The minimum Gasteiger partial charge on any atom is -0.366 e. The number of amides is 2. The Balaban J connectivity index is 1.58. The lowest BCUT2D eigenvalue weighted by Gasteiger charge is -2.12. The van der Waals surface area contributed by atoms with Crippen molar-refractivity contribution >= 4 is 23.6 Å². The molecule has 3 N–H and O–H groups in total. The quantitative estimate of drug-likeness (QED) is 0.542. The Labute approximate surface area is 180 Å². The zero-order chi connectivity index (χ0) is 21.7. The molecular formula is C22H25N5O2S.